The summed E-state index contributed by atoms with van der Waals surface area (Å²) in [4.78, 5) is 0. The Hall–Kier alpha value is 0.127. The minimum atomic E-state index is -0.981. The van der Waals surface area contributed by atoms with E-state index < -0.39 is 7.22 Å². The maximum absolute atomic E-state index is 3.15. The lowest BCUT2D eigenvalue weighted by Crippen LogP contribution is -2.12. The van der Waals surface area contributed by atoms with E-state index >= 15 is 0 Å². The maximum atomic E-state index is 3.15. The van der Waals surface area contributed by atoms with Crippen LogP contribution in [0.3, 0.4) is 0 Å². The van der Waals surface area contributed by atoms with Crippen molar-refractivity contribution in [2.75, 3.05) is 0 Å². The lowest BCUT2D eigenvalue weighted by Gasteiger charge is -2.08. The molecule has 0 aliphatic rings. The zero-order valence-electron chi connectivity index (χ0n) is 7.49. The topological polar surface area (TPSA) is 0 Å². The zero-order chi connectivity index (χ0) is 8.20. The fourth-order valence-corrected chi connectivity index (χ4v) is 2.00. The van der Waals surface area contributed by atoms with E-state index in [9.17, 15) is 0 Å². The van der Waals surface area contributed by atoms with Gasteiger partial charge in [0.05, 0.1) is 0 Å². The Kier molecular flexibility index (Phi) is 4.15. The van der Waals surface area contributed by atoms with Gasteiger partial charge in [0.1, 0.15) is 7.22 Å². The molecular weight excluding hydrogens is 156 g/mol. The first kappa shape index (κ1) is 10.1. The monoisotopic (exact) mass is 172 g/mol. The van der Waals surface area contributed by atoms with Crippen LogP contribution >= 0.6 is 11.2 Å². The van der Waals surface area contributed by atoms with Crippen molar-refractivity contribution < 1.29 is 0 Å². The van der Waals surface area contributed by atoms with Gasteiger partial charge in [-0.2, -0.15) is 0 Å². The molecule has 2 heteroatoms. The molecule has 0 aromatic rings. The van der Waals surface area contributed by atoms with Crippen molar-refractivity contribution in [3.8, 4) is 11.2 Å². The summed E-state index contributed by atoms with van der Waals surface area (Å²) in [6.07, 6.45) is 0. The lowest BCUT2D eigenvalue weighted by molar-refractivity contribution is 0.867. The third-order valence-electron chi connectivity index (χ3n) is 0.705. The Morgan fingerprint density at radius 2 is 1.70 bits per heavy atom. The Morgan fingerprint density at radius 1 is 1.20 bits per heavy atom. The second-order valence-electron chi connectivity index (χ2n) is 3.62. The molecule has 0 aliphatic heterocycles. The molecule has 0 amide bonds. The van der Waals surface area contributed by atoms with E-state index in [1.54, 1.807) is 0 Å². The molecule has 0 aromatic carbocycles. The molecule has 0 rings (SSSR count). The van der Waals surface area contributed by atoms with Crippen LogP contribution in [-0.4, -0.2) is 7.22 Å². The van der Waals surface area contributed by atoms with E-state index in [0.29, 0.717) is 5.92 Å². The summed E-state index contributed by atoms with van der Waals surface area (Å²) in [5, 5.41) is 3.15. The van der Waals surface area contributed by atoms with Crippen LogP contribution in [0.2, 0.25) is 19.6 Å². The second-order valence-corrected chi connectivity index (χ2v) is 12.5. The van der Waals surface area contributed by atoms with Gasteiger partial charge in [0, 0.05) is 5.92 Å². The van der Waals surface area contributed by atoms with Gasteiger partial charge >= 0.3 is 0 Å². The van der Waals surface area contributed by atoms with Crippen LogP contribution in [0.5, 0.6) is 0 Å². The van der Waals surface area contributed by atoms with Crippen molar-refractivity contribution in [3.63, 3.8) is 0 Å². The van der Waals surface area contributed by atoms with Crippen LogP contribution in [0.4, 0.5) is 0 Å². The smallest absolute Gasteiger partial charge is 0.103 e. The fourth-order valence-electron chi connectivity index (χ4n) is 0.300. The fraction of sp³-hybridized carbons (Fsp3) is 0.750. The minimum absolute atomic E-state index is 0.517. The van der Waals surface area contributed by atoms with Crippen LogP contribution < -0.4 is 0 Å². The predicted octanol–water partition coefficient (Wildman–Crippen LogP) is 3.17. The lowest BCUT2D eigenvalue weighted by atomic mass is 10.2. The van der Waals surface area contributed by atoms with Crippen LogP contribution in [0.15, 0.2) is 0 Å². The highest BCUT2D eigenvalue weighted by Crippen LogP contribution is 2.17. The molecule has 0 bridgehead atoms. The van der Waals surface area contributed by atoms with Crippen LogP contribution in [0, 0.1) is 17.1 Å². The maximum Gasteiger partial charge on any atom is 0.124 e. The average Bonchev–Trinajstić information content (AvgIpc) is 1.59. The highest BCUT2D eigenvalue weighted by atomic mass is 32.4. The molecule has 0 atom stereocenters. The number of hydrogen-bond acceptors (Lipinski definition) is 1. The van der Waals surface area contributed by atoms with Crippen LogP contribution in [-0.2, 0) is 0 Å². The van der Waals surface area contributed by atoms with E-state index in [1.807, 2.05) is 11.2 Å². The molecule has 0 spiro atoms. The molecule has 0 saturated carbocycles. The Balaban J connectivity index is 3.67. The van der Waals surface area contributed by atoms with Gasteiger partial charge in [-0.3, -0.25) is 0 Å². The van der Waals surface area contributed by atoms with E-state index in [0.717, 1.165) is 0 Å². The average molecular weight is 172 g/mol. The van der Waals surface area contributed by atoms with Crippen molar-refractivity contribution in [1.82, 2.24) is 0 Å². The summed E-state index contributed by atoms with van der Waals surface area (Å²) in [5.41, 5.74) is 0. The molecular formula is C8H16SSi. The third-order valence-corrected chi connectivity index (χ3v) is 3.68. The van der Waals surface area contributed by atoms with E-state index in [1.165, 1.54) is 0 Å². The molecule has 0 aromatic heterocycles. The van der Waals surface area contributed by atoms with Gasteiger partial charge < -0.3 is 0 Å². The molecule has 0 saturated heterocycles. The standard InChI is InChI=1S/C8H16SSi/c1-8(2)6-7-9-10(3,4)5/h8H,1-5H3. The first-order valence-electron chi connectivity index (χ1n) is 3.60. The quantitative estimate of drug-likeness (QED) is 0.432. The van der Waals surface area contributed by atoms with Gasteiger partial charge in [-0.1, -0.05) is 39.4 Å². The van der Waals surface area contributed by atoms with Crippen molar-refractivity contribution in [2.45, 2.75) is 33.5 Å². The molecule has 0 nitrogen and oxygen atoms in total. The Bertz CT molecular complexity index is 145. The molecule has 0 unspecified atom stereocenters. The molecule has 0 N–H and O–H groups in total. The summed E-state index contributed by atoms with van der Waals surface area (Å²) in [7, 11) is -0.981. The van der Waals surface area contributed by atoms with Gasteiger partial charge in [-0.25, -0.2) is 0 Å². The first-order chi connectivity index (χ1) is 4.42. The minimum Gasteiger partial charge on any atom is -0.103 e. The number of hydrogen-bond donors (Lipinski definition) is 0. The van der Waals surface area contributed by atoms with Crippen molar-refractivity contribution in [2.24, 2.45) is 5.92 Å². The second kappa shape index (κ2) is 4.10. The molecule has 0 aliphatic carbocycles. The third kappa shape index (κ3) is 8.13. The summed E-state index contributed by atoms with van der Waals surface area (Å²) < 4.78 is 0. The van der Waals surface area contributed by atoms with Crippen LogP contribution in [0.25, 0.3) is 0 Å². The molecule has 0 heterocycles. The van der Waals surface area contributed by atoms with Gasteiger partial charge in [-0.15, -0.1) is 11.2 Å². The van der Waals surface area contributed by atoms with Crippen LogP contribution in [0.1, 0.15) is 13.8 Å². The molecule has 0 fully saturated rings. The van der Waals surface area contributed by atoms with Gasteiger partial charge in [0.15, 0.2) is 0 Å². The van der Waals surface area contributed by atoms with Crippen molar-refractivity contribution in [1.29, 1.82) is 0 Å². The predicted molar refractivity (Wildman–Crippen MR) is 53.6 cm³/mol. The summed E-state index contributed by atoms with van der Waals surface area (Å²) in [6.45, 7) is 11.2. The largest absolute Gasteiger partial charge is 0.124 e. The van der Waals surface area contributed by atoms with E-state index in [4.69, 9.17) is 0 Å². The van der Waals surface area contributed by atoms with Gasteiger partial charge in [0.2, 0.25) is 0 Å². The summed E-state index contributed by atoms with van der Waals surface area (Å²) in [6, 6.07) is 0. The molecule has 0 radical (unpaired) electrons. The number of rotatable bonds is 1. The SMILES string of the molecule is CC(C)C#CS[Si](C)(C)C. The highest BCUT2D eigenvalue weighted by molar-refractivity contribution is 8.32. The van der Waals surface area contributed by atoms with Crippen molar-refractivity contribution >= 4 is 18.4 Å². The molecule has 58 valence electrons. The summed E-state index contributed by atoms with van der Waals surface area (Å²) in [5.74, 6) is 3.67. The first-order valence-corrected chi connectivity index (χ1v) is 8.64. The van der Waals surface area contributed by atoms with Crippen molar-refractivity contribution in [3.05, 3.63) is 0 Å². The van der Waals surface area contributed by atoms with Gasteiger partial charge in [0.25, 0.3) is 0 Å². The Morgan fingerprint density at radius 3 is 2.00 bits per heavy atom. The summed E-state index contributed by atoms with van der Waals surface area (Å²) >= 11 is 1.84. The van der Waals surface area contributed by atoms with E-state index in [-0.39, 0.29) is 0 Å². The normalized spacial score (nSPS) is 11.0. The van der Waals surface area contributed by atoms with Gasteiger partial charge in [-0.05, 0) is 5.25 Å². The molecule has 10 heavy (non-hydrogen) atoms. The van der Waals surface area contributed by atoms with E-state index in [2.05, 4.69) is 44.7 Å². The highest BCUT2D eigenvalue weighted by Gasteiger charge is 2.11. The zero-order valence-corrected chi connectivity index (χ0v) is 9.30. The Labute approximate surface area is 69.4 Å².